The van der Waals surface area contributed by atoms with E-state index >= 15 is 0 Å². The molecule has 144 valence electrons. The van der Waals surface area contributed by atoms with Gasteiger partial charge in [-0.05, 0) is 37.0 Å². The summed E-state index contributed by atoms with van der Waals surface area (Å²) in [6, 6.07) is 6.36. The van der Waals surface area contributed by atoms with Gasteiger partial charge in [0.15, 0.2) is 6.54 Å². The lowest BCUT2D eigenvalue weighted by molar-refractivity contribution is -0.896. The minimum Gasteiger partial charge on any atom is -0.338 e. The molecular weight excluding hydrogens is 374 g/mol. The number of likely N-dealkylation sites (tertiary alicyclic amines) is 1. The van der Waals surface area contributed by atoms with E-state index in [2.05, 4.69) is 6.92 Å². The molecule has 2 saturated heterocycles. The highest BCUT2D eigenvalue weighted by Crippen LogP contribution is 2.19. The predicted octanol–water partition coefficient (Wildman–Crippen LogP) is 0.488. The summed E-state index contributed by atoms with van der Waals surface area (Å²) in [5, 5.41) is 0.414. The molecule has 2 aliphatic rings. The second-order valence-electron chi connectivity index (χ2n) is 7.38. The molecule has 1 N–H and O–H groups in total. The number of nitrogens with one attached hydrogen (secondary N) is 1. The number of rotatable bonds is 4. The molecule has 2 fully saturated rings. The van der Waals surface area contributed by atoms with Gasteiger partial charge in [-0.1, -0.05) is 24.6 Å². The Kier molecular flexibility index (Phi) is 6.22. The molecule has 0 saturated carbocycles. The number of halogens is 1. The highest BCUT2D eigenvalue weighted by molar-refractivity contribution is 7.89. The Bertz CT molecular complexity index is 748. The third-order valence-electron chi connectivity index (χ3n) is 5.27. The number of carbonyl (C=O) groups excluding carboxylic acids is 1. The molecule has 1 aromatic rings. The monoisotopic (exact) mass is 400 g/mol. The van der Waals surface area contributed by atoms with Crippen molar-refractivity contribution in [3.63, 3.8) is 0 Å². The van der Waals surface area contributed by atoms with Crippen molar-refractivity contribution < 1.29 is 18.1 Å². The van der Waals surface area contributed by atoms with Gasteiger partial charge < -0.3 is 9.80 Å². The van der Waals surface area contributed by atoms with Crippen molar-refractivity contribution >= 4 is 27.5 Å². The van der Waals surface area contributed by atoms with Crippen molar-refractivity contribution in [3.8, 4) is 0 Å². The van der Waals surface area contributed by atoms with Gasteiger partial charge in [0.2, 0.25) is 10.0 Å². The van der Waals surface area contributed by atoms with Crippen molar-refractivity contribution in [2.24, 2.45) is 5.92 Å². The molecule has 0 spiro atoms. The minimum absolute atomic E-state index is 0.192. The first-order chi connectivity index (χ1) is 12.4. The van der Waals surface area contributed by atoms with E-state index in [1.165, 1.54) is 16.8 Å². The van der Waals surface area contributed by atoms with E-state index < -0.39 is 10.0 Å². The number of piperazine rings is 1. The Morgan fingerprint density at radius 2 is 2.00 bits per heavy atom. The summed E-state index contributed by atoms with van der Waals surface area (Å²) in [5.41, 5.74) is 0. The molecule has 2 aliphatic heterocycles. The van der Waals surface area contributed by atoms with Crippen molar-refractivity contribution in [3.05, 3.63) is 29.3 Å². The zero-order chi connectivity index (χ0) is 18.7. The first kappa shape index (κ1) is 19.6. The van der Waals surface area contributed by atoms with Gasteiger partial charge in [0.05, 0.1) is 31.1 Å². The standard InChI is InChI=1S/C18H26ClN3O3S/c1-15-4-3-7-21(13-15)18(23)14-20-8-10-22(11-9-20)26(24,25)17-6-2-5-16(19)12-17/h2,5-6,12,15H,3-4,7-11,13-14H2,1H3/p+1/t15-/m0/s1. The van der Waals surface area contributed by atoms with Crippen molar-refractivity contribution in [2.45, 2.75) is 24.7 Å². The topological polar surface area (TPSA) is 62.1 Å². The summed E-state index contributed by atoms with van der Waals surface area (Å²) in [5.74, 6) is 0.764. The molecule has 6 nitrogen and oxygen atoms in total. The normalized spacial score (nSPS) is 23.2. The first-order valence-corrected chi connectivity index (χ1v) is 11.0. The summed E-state index contributed by atoms with van der Waals surface area (Å²) in [7, 11) is -3.52. The van der Waals surface area contributed by atoms with E-state index in [4.69, 9.17) is 11.6 Å². The van der Waals surface area contributed by atoms with Gasteiger partial charge in [0.25, 0.3) is 5.91 Å². The van der Waals surface area contributed by atoms with Gasteiger partial charge in [0, 0.05) is 18.1 Å². The number of piperidine rings is 1. The lowest BCUT2D eigenvalue weighted by Gasteiger charge is -2.34. The Morgan fingerprint density at radius 1 is 1.27 bits per heavy atom. The van der Waals surface area contributed by atoms with E-state index in [0.717, 1.165) is 24.4 Å². The quantitative estimate of drug-likeness (QED) is 0.800. The van der Waals surface area contributed by atoms with Crippen LogP contribution in [0, 0.1) is 5.92 Å². The van der Waals surface area contributed by atoms with E-state index in [-0.39, 0.29) is 10.8 Å². The first-order valence-electron chi connectivity index (χ1n) is 9.23. The highest BCUT2D eigenvalue weighted by atomic mass is 35.5. The fourth-order valence-corrected chi connectivity index (χ4v) is 5.48. The Labute approximate surface area is 160 Å². The third kappa shape index (κ3) is 4.57. The molecule has 0 aliphatic carbocycles. The highest BCUT2D eigenvalue weighted by Gasteiger charge is 2.32. The van der Waals surface area contributed by atoms with Crippen LogP contribution in [-0.2, 0) is 14.8 Å². The molecule has 0 radical (unpaired) electrons. The average Bonchev–Trinajstić information content (AvgIpc) is 2.62. The lowest BCUT2D eigenvalue weighted by atomic mass is 10.0. The van der Waals surface area contributed by atoms with Crippen LogP contribution in [0.15, 0.2) is 29.2 Å². The molecule has 1 aromatic carbocycles. The van der Waals surface area contributed by atoms with Gasteiger partial charge in [-0.2, -0.15) is 4.31 Å². The Morgan fingerprint density at radius 3 is 2.65 bits per heavy atom. The SMILES string of the molecule is C[C@H]1CCCN(C(=O)C[NH+]2CCN(S(=O)(=O)c3cccc(Cl)c3)CC2)C1. The number of hydrogen-bond acceptors (Lipinski definition) is 3. The van der Waals surface area contributed by atoms with E-state index in [0.29, 0.717) is 43.7 Å². The molecule has 8 heteroatoms. The Balaban J connectivity index is 1.55. The van der Waals surface area contributed by atoms with Crippen LogP contribution >= 0.6 is 11.6 Å². The fraction of sp³-hybridized carbons (Fsp3) is 0.611. The maximum Gasteiger partial charge on any atom is 0.277 e. The predicted molar refractivity (Wildman–Crippen MR) is 101 cm³/mol. The second kappa shape index (κ2) is 8.25. The van der Waals surface area contributed by atoms with Crippen molar-refractivity contribution in [1.82, 2.24) is 9.21 Å². The number of sulfonamides is 1. The lowest BCUT2D eigenvalue weighted by Crippen LogP contribution is -3.15. The average molecular weight is 401 g/mol. The molecule has 0 unspecified atom stereocenters. The fourth-order valence-electron chi connectivity index (χ4n) is 3.74. The summed E-state index contributed by atoms with van der Waals surface area (Å²) >= 11 is 5.93. The maximum absolute atomic E-state index is 12.7. The number of amides is 1. The summed E-state index contributed by atoms with van der Waals surface area (Å²) in [6.07, 6.45) is 2.27. The van der Waals surface area contributed by atoms with Gasteiger partial charge in [-0.15, -0.1) is 0 Å². The number of quaternary nitrogens is 1. The van der Waals surface area contributed by atoms with Crippen LogP contribution in [-0.4, -0.2) is 69.3 Å². The molecule has 26 heavy (non-hydrogen) atoms. The van der Waals surface area contributed by atoms with Gasteiger partial charge in [-0.25, -0.2) is 8.42 Å². The van der Waals surface area contributed by atoms with Crippen LogP contribution in [0.1, 0.15) is 19.8 Å². The second-order valence-corrected chi connectivity index (χ2v) is 9.75. The summed E-state index contributed by atoms with van der Waals surface area (Å²) < 4.78 is 27.0. The van der Waals surface area contributed by atoms with Crippen molar-refractivity contribution in [2.75, 3.05) is 45.8 Å². The van der Waals surface area contributed by atoms with Crippen LogP contribution in [0.5, 0.6) is 0 Å². The van der Waals surface area contributed by atoms with Gasteiger partial charge in [-0.3, -0.25) is 4.79 Å². The Hall–Kier alpha value is -1.15. The van der Waals surface area contributed by atoms with E-state index in [9.17, 15) is 13.2 Å². The van der Waals surface area contributed by atoms with Crippen LogP contribution in [0.25, 0.3) is 0 Å². The maximum atomic E-state index is 12.7. The van der Waals surface area contributed by atoms with Crippen molar-refractivity contribution in [1.29, 1.82) is 0 Å². The number of hydrogen-bond donors (Lipinski definition) is 1. The largest absolute Gasteiger partial charge is 0.338 e. The molecule has 1 atom stereocenters. The van der Waals surface area contributed by atoms with E-state index in [1.54, 1.807) is 18.2 Å². The summed E-state index contributed by atoms with van der Waals surface area (Å²) in [6.45, 7) is 6.49. The molecule has 0 aromatic heterocycles. The van der Waals surface area contributed by atoms with Gasteiger partial charge >= 0.3 is 0 Å². The molecule has 3 rings (SSSR count). The van der Waals surface area contributed by atoms with Crippen LogP contribution in [0.2, 0.25) is 5.02 Å². The smallest absolute Gasteiger partial charge is 0.277 e. The number of carbonyl (C=O) groups is 1. The van der Waals surface area contributed by atoms with Crippen LogP contribution in [0.3, 0.4) is 0 Å². The molecule has 1 amide bonds. The number of nitrogens with zero attached hydrogens (tertiary/aromatic N) is 2. The summed E-state index contributed by atoms with van der Waals surface area (Å²) in [4.78, 5) is 15.9. The molecule has 0 bridgehead atoms. The van der Waals surface area contributed by atoms with Crippen LogP contribution in [0.4, 0.5) is 0 Å². The van der Waals surface area contributed by atoms with E-state index in [1.807, 2.05) is 4.90 Å². The van der Waals surface area contributed by atoms with Gasteiger partial charge in [0.1, 0.15) is 0 Å². The third-order valence-corrected chi connectivity index (χ3v) is 7.40. The zero-order valence-electron chi connectivity index (χ0n) is 15.2. The molecular formula is C18H27ClN3O3S+. The number of benzene rings is 1. The molecule has 2 heterocycles. The zero-order valence-corrected chi connectivity index (χ0v) is 16.7. The van der Waals surface area contributed by atoms with Crippen LogP contribution < -0.4 is 4.90 Å². The minimum atomic E-state index is -3.52.